The third-order valence-electron chi connectivity index (χ3n) is 14.0. The van der Waals surface area contributed by atoms with E-state index in [1.165, 1.54) is 27.8 Å². The minimum Gasteiger partial charge on any atom is -0.507 e. The Bertz CT molecular complexity index is 3420. The maximum absolute atomic E-state index is 12.5. The van der Waals surface area contributed by atoms with Crippen molar-refractivity contribution < 1.29 is 30.7 Å². The first kappa shape index (κ1) is 51.0. The fourth-order valence-corrected chi connectivity index (χ4v) is 9.69. The van der Waals surface area contributed by atoms with Crippen molar-refractivity contribution in [3.63, 3.8) is 0 Å². The van der Waals surface area contributed by atoms with Gasteiger partial charge in [-0.3, -0.25) is 4.57 Å². The van der Waals surface area contributed by atoms with Crippen LogP contribution in [0.5, 0.6) is 5.75 Å². The van der Waals surface area contributed by atoms with Gasteiger partial charge in [-0.15, -0.1) is 29.8 Å². The molecular formula is C66H69N3OPt. The quantitative estimate of drug-likeness (QED) is 0.128. The molecule has 2 aromatic heterocycles. The number of hydrogen-bond acceptors (Lipinski definition) is 2. The average Bonchev–Trinajstić information content (AvgIpc) is 3.70. The van der Waals surface area contributed by atoms with Crippen molar-refractivity contribution in [3.8, 4) is 78.6 Å². The molecule has 0 saturated heterocycles. The standard InChI is InChI=1S/C66H69N3O.Pt/c1-42-36-49(63(2,3)4)30-32-52(42)45-28-26-43(27-29-45)46-34-35-68(14)59(38-46)48-23-18-22-47(37-48)53-24-19-25-58-60(53)67-62(55-40-51(65(8,9)10)41-56(61(55)70)66(11,12)13)69(58)57-33-31-50(64(5,6)7)39-54(57)44-20-16-15-17-21-44;/h15-36,38-41,70H,1-14H3;. The summed E-state index contributed by atoms with van der Waals surface area (Å²) in [7, 11) is 2.10. The Balaban J connectivity index is 0.00000676. The van der Waals surface area contributed by atoms with Gasteiger partial charge in [0.15, 0.2) is 6.20 Å². The largest absolute Gasteiger partial charge is 0.507 e. The number of pyridine rings is 1. The van der Waals surface area contributed by atoms with E-state index in [0.29, 0.717) is 11.4 Å². The van der Waals surface area contributed by atoms with Gasteiger partial charge in [-0.2, -0.15) is 0 Å². The number of nitrogens with zero attached hydrogens (tertiary/aromatic N) is 3. The fourth-order valence-electron chi connectivity index (χ4n) is 9.69. The van der Waals surface area contributed by atoms with Gasteiger partial charge in [0.05, 0.1) is 22.3 Å². The number of fused-ring (bicyclic) bond motifs is 1. The molecule has 71 heavy (non-hydrogen) atoms. The van der Waals surface area contributed by atoms with Crippen LogP contribution in [0.1, 0.15) is 111 Å². The SMILES string of the molecule is Cc1cc(C(C)(C)C)ccc1-c1ccc(-c2cc[n+](C)c(-c3[c-]c(-c4cccc5c4nc(-c4cc(C(C)(C)C)cc(C(C)(C)C)c4O)n5-c4ccc(C(C)(C)C)cc4-c4ccccc4)ccc3)c2)cc1.[Pt]. The number of imidazole rings is 1. The van der Waals surface area contributed by atoms with Crippen LogP contribution in [0.3, 0.4) is 0 Å². The molecule has 0 atom stereocenters. The summed E-state index contributed by atoms with van der Waals surface area (Å²) >= 11 is 0. The summed E-state index contributed by atoms with van der Waals surface area (Å²) < 4.78 is 4.45. The molecule has 7 aromatic carbocycles. The number of aryl methyl sites for hydroxylation is 2. The second-order valence-electron chi connectivity index (χ2n) is 23.5. The number of para-hydroxylation sites is 1. The second-order valence-corrected chi connectivity index (χ2v) is 23.5. The van der Waals surface area contributed by atoms with E-state index in [2.05, 4.69) is 270 Å². The number of phenolic OH excluding ortho intramolecular Hbond substituents is 1. The first-order valence-electron chi connectivity index (χ1n) is 24.8. The molecule has 0 unspecified atom stereocenters. The summed E-state index contributed by atoms with van der Waals surface area (Å²) in [5, 5.41) is 12.5. The zero-order valence-corrected chi connectivity index (χ0v) is 46.4. The van der Waals surface area contributed by atoms with Crippen molar-refractivity contribution in [2.45, 2.75) is 112 Å². The van der Waals surface area contributed by atoms with Crippen molar-refractivity contribution in [2.24, 2.45) is 7.05 Å². The zero-order valence-electron chi connectivity index (χ0n) is 44.1. The average molecular weight is 1120 g/mol. The maximum Gasteiger partial charge on any atom is 0.162 e. The molecule has 0 radical (unpaired) electrons. The molecule has 364 valence electrons. The summed E-state index contributed by atoms with van der Waals surface area (Å²) in [6.45, 7) is 29.0. The van der Waals surface area contributed by atoms with Crippen LogP contribution in [0.2, 0.25) is 0 Å². The third kappa shape index (κ3) is 10.1. The fraction of sp³-hybridized carbons (Fsp3) is 0.273. The van der Waals surface area contributed by atoms with Crippen LogP contribution in [0.25, 0.3) is 83.9 Å². The van der Waals surface area contributed by atoms with Gasteiger partial charge in [0, 0.05) is 38.3 Å². The van der Waals surface area contributed by atoms with Crippen LogP contribution in [-0.4, -0.2) is 14.7 Å². The molecule has 5 heteroatoms. The minimum absolute atomic E-state index is 0. The predicted octanol–water partition coefficient (Wildman–Crippen LogP) is 16.9. The van der Waals surface area contributed by atoms with Crippen LogP contribution >= 0.6 is 0 Å². The van der Waals surface area contributed by atoms with Crippen molar-refractivity contribution in [3.05, 3.63) is 192 Å². The van der Waals surface area contributed by atoms with Gasteiger partial charge in [0.2, 0.25) is 0 Å². The number of rotatable bonds is 7. The molecule has 0 aliphatic heterocycles. The molecular weight excluding hydrogens is 1050 g/mol. The van der Waals surface area contributed by atoms with Crippen molar-refractivity contribution in [2.75, 3.05) is 0 Å². The van der Waals surface area contributed by atoms with Crippen molar-refractivity contribution >= 4 is 11.0 Å². The molecule has 9 aromatic rings. The summed E-state index contributed by atoms with van der Waals surface area (Å²) in [4.78, 5) is 5.65. The summed E-state index contributed by atoms with van der Waals surface area (Å²) in [6, 6.07) is 58.8. The first-order chi connectivity index (χ1) is 33.0. The van der Waals surface area contributed by atoms with Crippen LogP contribution in [0.15, 0.2) is 158 Å². The summed E-state index contributed by atoms with van der Waals surface area (Å²) in [5.41, 5.74) is 19.9. The van der Waals surface area contributed by atoms with Crippen LogP contribution in [-0.2, 0) is 49.8 Å². The molecule has 0 fully saturated rings. The number of hydrogen-bond donors (Lipinski definition) is 1. The van der Waals surface area contributed by atoms with E-state index < -0.39 is 0 Å². The molecule has 4 nitrogen and oxygen atoms in total. The Morgan fingerprint density at radius 3 is 1.73 bits per heavy atom. The van der Waals surface area contributed by atoms with Gasteiger partial charge in [-0.25, -0.2) is 9.55 Å². The van der Waals surface area contributed by atoms with E-state index in [1.54, 1.807) is 0 Å². The van der Waals surface area contributed by atoms with E-state index >= 15 is 0 Å². The van der Waals surface area contributed by atoms with Gasteiger partial charge in [0.25, 0.3) is 0 Å². The smallest absolute Gasteiger partial charge is 0.162 e. The number of aromatic nitrogens is 3. The molecule has 0 saturated carbocycles. The van der Waals surface area contributed by atoms with E-state index in [-0.39, 0.29) is 48.5 Å². The molecule has 0 spiro atoms. The first-order valence-corrected chi connectivity index (χ1v) is 24.8. The summed E-state index contributed by atoms with van der Waals surface area (Å²) in [6.07, 6.45) is 2.14. The normalized spacial score (nSPS) is 12.3. The van der Waals surface area contributed by atoms with Crippen LogP contribution in [0, 0.1) is 13.0 Å². The van der Waals surface area contributed by atoms with Gasteiger partial charge in [-0.1, -0.05) is 191 Å². The topological polar surface area (TPSA) is 41.9 Å². The predicted molar refractivity (Wildman–Crippen MR) is 295 cm³/mol. The third-order valence-corrected chi connectivity index (χ3v) is 14.0. The molecule has 0 aliphatic carbocycles. The molecule has 2 heterocycles. The molecule has 1 N–H and O–H groups in total. The monoisotopic (exact) mass is 1110 g/mol. The number of benzene rings is 7. The van der Waals surface area contributed by atoms with Gasteiger partial charge in [0.1, 0.15) is 24.3 Å². The van der Waals surface area contributed by atoms with Gasteiger partial charge in [-0.05, 0) is 109 Å². The van der Waals surface area contributed by atoms with Gasteiger partial charge >= 0.3 is 0 Å². The van der Waals surface area contributed by atoms with Crippen LogP contribution < -0.4 is 4.57 Å². The number of phenols is 1. The Hall–Kier alpha value is -6.35. The summed E-state index contributed by atoms with van der Waals surface area (Å²) in [5.74, 6) is 0.947. The molecule has 9 rings (SSSR count). The Morgan fingerprint density at radius 1 is 0.493 bits per heavy atom. The van der Waals surface area contributed by atoms with Crippen LogP contribution in [0.4, 0.5) is 0 Å². The van der Waals surface area contributed by atoms with E-state index in [0.717, 1.165) is 72.5 Å². The molecule has 0 bridgehead atoms. The van der Waals surface area contributed by atoms with Crippen molar-refractivity contribution in [1.29, 1.82) is 0 Å². The molecule has 0 amide bonds. The van der Waals surface area contributed by atoms with E-state index in [1.807, 2.05) is 0 Å². The molecule has 0 aliphatic rings. The Morgan fingerprint density at radius 2 is 1.08 bits per heavy atom. The Labute approximate surface area is 437 Å². The van der Waals surface area contributed by atoms with E-state index in [4.69, 9.17) is 4.98 Å². The van der Waals surface area contributed by atoms with Gasteiger partial charge < -0.3 is 5.11 Å². The second kappa shape index (κ2) is 19.0. The number of aromatic hydroxyl groups is 1. The van der Waals surface area contributed by atoms with Crippen molar-refractivity contribution in [1.82, 2.24) is 9.55 Å². The minimum atomic E-state index is -0.323. The van der Waals surface area contributed by atoms with E-state index in [9.17, 15) is 5.11 Å². The zero-order chi connectivity index (χ0) is 50.1. The Kier molecular flexibility index (Phi) is 13.7. The maximum atomic E-state index is 12.5.